The maximum Gasteiger partial charge on any atom is 0.406 e. The Morgan fingerprint density at radius 2 is 2.09 bits per heavy atom. The van der Waals surface area contributed by atoms with Crippen molar-refractivity contribution in [2.75, 3.05) is 13.1 Å². The highest BCUT2D eigenvalue weighted by atomic mass is 19.4. The Kier molecular flexibility index (Phi) is 4.08. The van der Waals surface area contributed by atoms with Crippen molar-refractivity contribution in [3.8, 4) is 0 Å². The van der Waals surface area contributed by atoms with Crippen LogP contribution in [0.25, 0.3) is 0 Å². The highest BCUT2D eigenvalue weighted by Gasteiger charge is 2.63. The molecule has 4 nitrogen and oxygen atoms in total. The molecule has 1 aliphatic carbocycles. The van der Waals surface area contributed by atoms with E-state index in [9.17, 15) is 18.0 Å². The molecule has 1 aliphatic heterocycles. The first-order chi connectivity index (χ1) is 10.8. The number of rotatable bonds is 3. The van der Waals surface area contributed by atoms with Gasteiger partial charge in [0.25, 0.3) is 0 Å². The van der Waals surface area contributed by atoms with E-state index in [0.29, 0.717) is 0 Å². The van der Waals surface area contributed by atoms with E-state index in [1.165, 1.54) is 5.56 Å². The summed E-state index contributed by atoms with van der Waals surface area (Å²) < 4.78 is 39.7. The molecular weight excluding hydrogens is 309 g/mol. The quantitative estimate of drug-likeness (QED) is 0.927. The fraction of sp³-hybridized carbons (Fsp3) is 0.625. The van der Waals surface area contributed by atoms with Crippen molar-refractivity contribution in [2.24, 2.45) is 5.41 Å². The molecule has 7 heteroatoms. The molecule has 0 amide bonds. The highest BCUT2D eigenvalue weighted by Crippen LogP contribution is 2.46. The molecule has 3 rings (SSSR count). The van der Waals surface area contributed by atoms with E-state index in [1.54, 1.807) is 11.1 Å². The number of carboxylic acids is 1. The van der Waals surface area contributed by atoms with Gasteiger partial charge in [-0.05, 0) is 49.3 Å². The van der Waals surface area contributed by atoms with E-state index in [1.807, 2.05) is 6.07 Å². The van der Waals surface area contributed by atoms with Crippen molar-refractivity contribution in [1.82, 2.24) is 9.88 Å². The molecule has 126 valence electrons. The zero-order chi connectivity index (χ0) is 16.7. The Balaban J connectivity index is 1.80. The predicted octanol–water partition coefficient (Wildman–Crippen LogP) is 2.80. The number of carboxylic acid groups (broad SMARTS) is 1. The van der Waals surface area contributed by atoms with Crippen LogP contribution in [0.2, 0.25) is 0 Å². The molecule has 1 N–H and O–H groups in total. The molecule has 1 unspecified atom stereocenters. The van der Waals surface area contributed by atoms with Crippen LogP contribution < -0.4 is 0 Å². The lowest BCUT2D eigenvalue weighted by Crippen LogP contribution is -2.47. The molecule has 1 fully saturated rings. The number of fused-ring (bicyclic) bond motifs is 1. The SMILES string of the molecule is O=C(O)C1(C(F)(F)F)CCN(Cc2nccc3c2CCCC3)C1. The van der Waals surface area contributed by atoms with Gasteiger partial charge in [-0.2, -0.15) is 13.2 Å². The average molecular weight is 328 g/mol. The van der Waals surface area contributed by atoms with Gasteiger partial charge in [-0.25, -0.2) is 0 Å². The number of carbonyl (C=O) groups is 1. The van der Waals surface area contributed by atoms with Gasteiger partial charge in [-0.1, -0.05) is 0 Å². The van der Waals surface area contributed by atoms with Crippen LogP contribution in [0.15, 0.2) is 12.3 Å². The summed E-state index contributed by atoms with van der Waals surface area (Å²) in [4.78, 5) is 17.1. The number of likely N-dealkylation sites (tertiary alicyclic amines) is 1. The summed E-state index contributed by atoms with van der Waals surface area (Å²) in [5.41, 5.74) is 0.506. The van der Waals surface area contributed by atoms with Crippen molar-refractivity contribution < 1.29 is 23.1 Å². The number of alkyl halides is 3. The number of pyridine rings is 1. The van der Waals surface area contributed by atoms with Gasteiger partial charge in [-0.15, -0.1) is 0 Å². The second kappa shape index (κ2) is 5.78. The number of aromatic nitrogens is 1. The fourth-order valence-corrected chi connectivity index (χ4v) is 3.64. The van der Waals surface area contributed by atoms with Gasteiger partial charge in [0, 0.05) is 25.8 Å². The molecule has 0 radical (unpaired) electrons. The Morgan fingerprint density at radius 3 is 2.74 bits per heavy atom. The molecule has 0 aromatic carbocycles. The second-order valence-electron chi connectivity index (χ2n) is 6.45. The molecule has 1 aromatic rings. The molecule has 1 atom stereocenters. The Hall–Kier alpha value is -1.63. The minimum absolute atomic E-state index is 0.122. The van der Waals surface area contributed by atoms with Crippen LogP contribution in [0.3, 0.4) is 0 Å². The Bertz CT molecular complexity index is 618. The molecule has 2 aliphatic rings. The monoisotopic (exact) mass is 328 g/mol. The first-order valence-electron chi connectivity index (χ1n) is 7.81. The van der Waals surface area contributed by atoms with Gasteiger partial charge < -0.3 is 5.11 Å². The molecule has 0 saturated carbocycles. The maximum absolute atomic E-state index is 13.2. The lowest BCUT2D eigenvalue weighted by atomic mass is 9.86. The molecule has 23 heavy (non-hydrogen) atoms. The van der Waals surface area contributed by atoms with Crippen LogP contribution in [0.1, 0.15) is 36.1 Å². The van der Waals surface area contributed by atoms with E-state index in [-0.39, 0.29) is 13.1 Å². The number of halogens is 3. The fourth-order valence-electron chi connectivity index (χ4n) is 3.64. The lowest BCUT2D eigenvalue weighted by Gasteiger charge is -2.27. The number of nitrogens with zero attached hydrogens (tertiary/aromatic N) is 2. The second-order valence-corrected chi connectivity index (χ2v) is 6.45. The van der Waals surface area contributed by atoms with Crippen LogP contribution >= 0.6 is 0 Å². The van der Waals surface area contributed by atoms with Crippen molar-refractivity contribution in [3.05, 3.63) is 29.1 Å². The van der Waals surface area contributed by atoms with Gasteiger partial charge in [0.1, 0.15) is 0 Å². The predicted molar refractivity (Wildman–Crippen MR) is 76.9 cm³/mol. The first kappa shape index (κ1) is 16.2. The van der Waals surface area contributed by atoms with Crippen molar-refractivity contribution in [3.63, 3.8) is 0 Å². The largest absolute Gasteiger partial charge is 0.481 e. The zero-order valence-electron chi connectivity index (χ0n) is 12.7. The topological polar surface area (TPSA) is 53.4 Å². The Labute approximate surface area is 132 Å². The lowest BCUT2D eigenvalue weighted by molar-refractivity contribution is -0.227. The van der Waals surface area contributed by atoms with Crippen LogP contribution in [-0.4, -0.2) is 40.2 Å². The summed E-state index contributed by atoms with van der Waals surface area (Å²) in [7, 11) is 0. The molecular formula is C16H19F3N2O2. The number of aryl methyl sites for hydroxylation is 1. The minimum atomic E-state index is -4.74. The van der Waals surface area contributed by atoms with Gasteiger partial charge in [0.05, 0.1) is 5.69 Å². The zero-order valence-corrected chi connectivity index (χ0v) is 12.7. The number of aliphatic carboxylic acids is 1. The van der Waals surface area contributed by atoms with Crippen molar-refractivity contribution >= 4 is 5.97 Å². The van der Waals surface area contributed by atoms with Gasteiger partial charge >= 0.3 is 12.1 Å². The normalized spacial score (nSPS) is 25.3. The molecule has 2 heterocycles. The highest BCUT2D eigenvalue weighted by molar-refractivity contribution is 5.76. The minimum Gasteiger partial charge on any atom is -0.481 e. The van der Waals surface area contributed by atoms with Gasteiger partial charge in [0.2, 0.25) is 0 Å². The van der Waals surface area contributed by atoms with E-state index >= 15 is 0 Å². The molecule has 0 bridgehead atoms. The average Bonchev–Trinajstić information content (AvgIpc) is 2.93. The van der Waals surface area contributed by atoms with Crippen LogP contribution in [-0.2, 0) is 24.2 Å². The summed E-state index contributed by atoms with van der Waals surface area (Å²) in [5, 5.41) is 9.11. The third-order valence-electron chi connectivity index (χ3n) is 5.04. The van der Waals surface area contributed by atoms with E-state index in [4.69, 9.17) is 5.11 Å². The van der Waals surface area contributed by atoms with Gasteiger partial charge in [-0.3, -0.25) is 14.7 Å². The number of hydrogen-bond donors (Lipinski definition) is 1. The standard InChI is InChI=1S/C16H19F3N2O2/c17-16(18,19)15(14(22)23)6-8-21(10-15)9-13-12-4-2-1-3-11(12)5-7-20-13/h5,7H,1-4,6,8-10H2,(H,22,23). The smallest absolute Gasteiger partial charge is 0.406 e. The van der Waals surface area contributed by atoms with Crippen LogP contribution in [0.5, 0.6) is 0 Å². The van der Waals surface area contributed by atoms with E-state index < -0.39 is 30.5 Å². The maximum atomic E-state index is 13.2. The summed E-state index contributed by atoms with van der Waals surface area (Å²) in [6, 6.07) is 1.97. The van der Waals surface area contributed by atoms with E-state index in [2.05, 4.69) is 4.98 Å². The van der Waals surface area contributed by atoms with Crippen molar-refractivity contribution in [2.45, 2.75) is 44.8 Å². The number of hydrogen-bond acceptors (Lipinski definition) is 3. The van der Waals surface area contributed by atoms with Gasteiger partial charge in [0.15, 0.2) is 5.41 Å². The van der Waals surface area contributed by atoms with Crippen LogP contribution in [0.4, 0.5) is 13.2 Å². The van der Waals surface area contributed by atoms with Crippen LogP contribution in [0, 0.1) is 5.41 Å². The molecule has 1 aromatic heterocycles. The third kappa shape index (κ3) is 2.82. The third-order valence-corrected chi connectivity index (χ3v) is 5.04. The molecule has 0 spiro atoms. The molecule has 1 saturated heterocycles. The summed E-state index contributed by atoms with van der Waals surface area (Å²) >= 11 is 0. The first-order valence-corrected chi connectivity index (χ1v) is 7.81. The Morgan fingerprint density at radius 1 is 1.35 bits per heavy atom. The summed E-state index contributed by atoms with van der Waals surface area (Å²) in [6.07, 6.45) is 0.619. The summed E-state index contributed by atoms with van der Waals surface area (Å²) in [5.74, 6) is -1.78. The van der Waals surface area contributed by atoms with E-state index in [0.717, 1.165) is 36.9 Å². The van der Waals surface area contributed by atoms with Crippen molar-refractivity contribution in [1.29, 1.82) is 0 Å². The summed E-state index contributed by atoms with van der Waals surface area (Å²) in [6.45, 7) is -0.0946.